The maximum absolute atomic E-state index is 10.5. The summed E-state index contributed by atoms with van der Waals surface area (Å²) in [6.07, 6.45) is -0.680. The largest absolute Gasteiger partial charge is 0.486 e. The minimum Gasteiger partial charge on any atom is -0.486 e. The first-order valence-corrected chi connectivity index (χ1v) is 7.61. The van der Waals surface area contributed by atoms with Crippen molar-refractivity contribution in [1.82, 2.24) is 4.98 Å². The summed E-state index contributed by atoms with van der Waals surface area (Å²) in [5.41, 5.74) is 2.24. The Labute approximate surface area is 131 Å². The molecule has 0 saturated carbocycles. The van der Waals surface area contributed by atoms with Crippen LogP contribution >= 0.6 is 15.9 Å². The third-order valence-electron chi connectivity index (χ3n) is 3.89. The van der Waals surface area contributed by atoms with Gasteiger partial charge in [-0.05, 0) is 44.5 Å². The Kier molecular flexibility index (Phi) is 3.19. The summed E-state index contributed by atoms with van der Waals surface area (Å²) in [6.45, 7) is 5.81. The monoisotopic (exact) mass is 346 g/mol. The van der Waals surface area contributed by atoms with Crippen LogP contribution in [-0.2, 0) is 0 Å². The average molecular weight is 347 g/mol. The number of hydrogen-bond acceptors (Lipinski definition) is 4. The van der Waals surface area contributed by atoms with Crippen LogP contribution in [0.15, 0.2) is 18.2 Å². The number of alkyl halides is 1. The zero-order valence-electron chi connectivity index (χ0n) is 12.0. The van der Waals surface area contributed by atoms with E-state index in [0.717, 1.165) is 10.9 Å². The van der Waals surface area contributed by atoms with E-state index in [0.29, 0.717) is 22.5 Å². The van der Waals surface area contributed by atoms with Gasteiger partial charge in [0.2, 0.25) is 0 Å². The number of pyridine rings is 1. The highest BCUT2D eigenvalue weighted by Gasteiger charge is 2.41. The van der Waals surface area contributed by atoms with E-state index in [4.69, 9.17) is 10.00 Å². The van der Waals surface area contributed by atoms with Crippen LogP contribution in [0.1, 0.15) is 36.8 Å². The molecule has 1 aliphatic heterocycles. The van der Waals surface area contributed by atoms with Crippen LogP contribution in [0.2, 0.25) is 0 Å². The number of benzene rings is 1. The summed E-state index contributed by atoms with van der Waals surface area (Å²) in [5.74, 6) is 0.672. The van der Waals surface area contributed by atoms with E-state index in [2.05, 4.69) is 27.0 Å². The van der Waals surface area contributed by atoms with Gasteiger partial charge < -0.3 is 9.84 Å². The van der Waals surface area contributed by atoms with Crippen molar-refractivity contribution < 1.29 is 9.84 Å². The SMILES string of the molecule is Cc1cc(C#N)nc2cc3c(cc12)OC(C)(C)[C@@H](Br)[C@@H]3O. The fourth-order valence-corrected chi connectivity index (χ4v) is 3.07. The number of aliphatic hydroxyl groups excluding tert-OH is 1. The number of nitriles is 1. The smallest absolute Gasteiger partial charge is 0.141 e. The first-order chi connectivity index (χ1) is 9.83. The molecule has 0 fully saturated rings. The van der Waals surface area contributed by atoms with Crippen molar-refractivity contribution in [2.75, 3.05) is 0 Å². The molecular weight excluding hydrogens is 332 g/mol. The van der Waals surface area contributed by atoms with E-state index in [1.54, 1.807) is 6.07 Å². The molecule has 3 rings (SSSR count). The molecule has 0 bridgehead atoms. The molecule has 4 nitrogen and oxygen atoms in total. The van der Waals surface area contributed by atoms with Gasteiger partial charge in [0.15, 0.2) is 0 Å². The molecular formula is C16H15BrN2O2. The highest BCUT2D eigenvalue weighted by molar-refractivity contribution is 9.09. The quantitative estimate of drug-likeness (QED) is 0.742. The fraction of sp³-hybridized carbons (Fsp3) is 0.375. The normalized spacial score (nSPS) is 23.2. The van der Waals surface area contributed by atoms with Gasteiger partial charge in [0.1, 0.15) is 23.1 Å². The highest BCUT2D eigenvalue weighted by Crippen LogP contribution is 2.44. The minimum absolute atomic E-state index is 0.213. The summed E-state index contributed by atoms with van der Waals surface area (Å²) in [6, 6.07) is 7.53. The Bertz CT molecular complexity index is 780. The van der Waals surface area contributed by atoms with Gasteiger partial charge >= 0.3 is 0 Å². The molecule has 2 heterocycles. The maximum Gasteiger partial charge on any atom is 0.141 e. The van der Waals surface area contributed by atoms with Crippen molar-refractivity contribution in [3.8, 4) is 11.8 Å². The Morgan fingerprint density at radius 2 is 2.10 bits per heavy atom. The van der Waals surface area contributed by atoms with E-state index < -0.39 is 11.7 Å². The lowest BCUT2D eigenvalue weighted by molar-refractivity contribution is 0.0228. The van der Waals surface area contributed by atoms with Crippen LogP contribution in [-0.4, -0.2) is 20.5 Å². The lowest BCUT2D eigenvalue weighted by atomic mass is 9.90. The molecule has 5 heteroatoms. The lowest BCUT2D eigenvalue weighted by Gasteiger charge is -2.40. The molecule has 0 unspecified atom stereocenters. The molecule has 21 heavy (non-hydrogen) atoms. The van der Waals surface area contributed by atoms with Gasteiger partial charge in [-0.3, -0.25) is 0 Å². The van der Waals surface area contributed by atoms with E-state index in [9.17, 15) is 5.11 Å². The first-order valence-electron chi connectivity index (χ1n) is 6.70. The molecule has 0 aliphatic carbocycles. The van der Waals surface area contributed by atoms with Crippen LogP contribution in [0.25, 0.3) is 10.9 Å². The molecule has 2 atom stereocenters. The Balaban J connectivity index is 2.27. The second-order valence-electron chi connectivity index (χ2n) is 5.90. The Morgan fingerprint density at radius 1 is 1.38 bits per heavy atom. The number of rotatable bonds is 0. The third kappa shape index (κ3) is 2.19. The standard InChI is InChI=1S/C16H15BrN2O2/c1-8-4-9(7-18)19-12-5-11-13(6-10(8)12)21-16(2,3)15(17)14(11)20/h4-6,14-15,20H,1-3H3/t14-,15+/m1/s1. The predicted octanol–water partition coefficient (Wildman–Crippen LogP) is 3.38. The molecule has 0 amide bonds. The van der Waals surface area contributed by atoms with Gasteiger partial charge in [0.05, 0.1) is 16.4 Å². The lowest BCUT2D eigenvalue weighted by Crippen LogP contribution is -2.45. The van der Waals surface area contributed by atoms with E-state index in [1.165, 1.54) is 0 Å². The van der Waals surface area contributed by atoms with Gasteiger partial charge in [-0.2, -0.15) is 5.26 Å². The zero-order valence-corrected chi connectivity index (χ0v) is 13.6. The van der Waals surface area contributed by atoms with Crippen molar-refractivity contribution in [2.24, 2.45) is 0 Å². The van der Waals surface area contributed by atoms with Crippen molar-refractivity contribution in [2.45, 2.75) is 37.3 Å². The number of nitrogens with zero attached hydrogens (tertiary/aromatic N) is 2. The molecule has 108 valence electrons. The molecule has 2 aromatic rings. The predicted molar refractivity (Wildman–Crippen MR) is 83.6 cm³/mol. The maximum atomic E-state index is 10.5. The average Bonchev–Trinajstić information content (AvgIpc) is 2.44. The van der Waals surface area contributed by atoms with Crippen LogP contribution in [0.4, 0.5) is 0 Å². The third-order valence-corrected chi connectivity index (χ3v) is 5.50. The van der Waals surface area contributed by atoms with Crippen molar-refractivity contribution in [3.63, 3.8) is 0 Å². The summed E-state index contributed by atoms with van der Waals surface area (Å²) in [4.78, 5) is 4.10. The number of hydrogen-bond donors (Lipinski definition) is 1. The van der Waals surface area contributed by atoms with Crippen molar-refractivity contribution in [3.05, 3.63) is 35.0 Å². The van der Waals surface area contributed by atoms with Gasteiger partial charge in [-0.25, -0.2) is 4.98 Å². The molecule has 0 radical (unpaired) electrons. The second-order valence-corrected chi connectivity index (χ2v) is 6.88. The van der Waals surface area contributed by atoms with Crippen LogP contribution in [0.5, 0.6) is 5.75 Å². The summed E-state index contributed by atoms with van der Waals surface area (Å²) in [5, 5.41) is 20.5. The first kappa shape index (κ1) is 14.3. The van der Waals surface area contributed by atoms with E-state index in [1.807, 2.05) is 32.9 Å². The number of aliphatic hydroxyl groups is 1. The second kappa shape index (κ2) is 4.69. The summed E-state index contributed by atoms with van der Waals surface area (Å²) >= 11 is 3.50. The molecule has 0 spiro atoms. The number of aryl methyl sites for hydroxylation is 1. The highest BCUT2D eigenvalue weighted by atomic mass is 79.9. The number of ether oxygens (including phenoxy) is 1. The molecule has 1 aliphatic rings. The Morgan fingerprint density at radius 3 is 2.76 bits per heavy atom. The van der Waals surface area contributed by atoms with Gasteiger partial charge in [-0.1, -0.05) is 15.9 Å². The fourth-order valence-electron chi connectivity index (χ4n) is 2.69. The molecule has 0 saturated heterocycles. The van der Waals surface area contributed by atoms with Gasteiger partial charge in [0.25, 0.3) is 0 Å². The van der Waals surface area contributed by atoms with E-state index >= 15 is 0 Å². The van der Waals surface area contributed by atoms with Crippen LogP contribution in [0, 0.1) is 18.3 Å². The van der Waals surface area contributed by atoms with E-state index in [-0.39, 0.29) is 4.83 Å². The molecule has 1 aromatic heterocycles. The van der Waals surface area contributed by atoms with Gasteiger partial charge in [-0.15, -0.1) is 0 Å². The minimum atomic E-state index is -0.680. The van der Waals surface area contributed by atoms with Crippen LogP contribution in [0.3, 0.4) is 0 Å². The Hall–Kier alpha value is -1.64. The van der Waals surface area contributed by atoms with Crippen LogP contribution < -0.4 is 4.74 Å². The summed E-state index contributed by atoms with van der Waals surface area (Å²) in [7, 11) is 0. The van der Waals surface area contributed by atoms with Crippen molar-refractivity contribution in [1.29, 1.82) is 5.26 Å². The number of aromatic nitrogens is 1. The zero-order chi connectivity index (χ0) is 15.4. The number of fused-ring (bicyclic) bond motifs is 2. The molecule has 1 aromatic carbocycles. The summed E-state index contributed by atoms with van der Waals surface area (Å²) < 4.78 is 6.02. The topological polar surface area (TPSA) is 66.1 Å². The number of halogens is 1. The van der Waals surface area contributed by atoms with Crippen molar-refractivity contribution >= 4 is 26.8 Å². The van der Waals surface area contributed by atoms with Gasteiger partial charge in [0, 0.05) is 10.9 Å². The molecule has 1 N–H and O–H groups in total.